The number of likely N-dealkylation sites (tertiary alicyclic amines) is 1. The molecule has 0 atom stereocenters. The van der Waals surface area contributed by atoms with E-state index in [9.17, 15) is 19.2 Å². The number of fused-ring (bicyclic) bond motifs is 1. The van der Waals surface area contributed by atoms with Crippen molar-refractivity contribution in [1.29, 1.82) is 0 Å². The smallest absolute Gasteiger partial charge is 0.338 e. The average molecular weight is 468 g/mol. The molecule has 8 nitrogen and oxygen atoms in total. The summed E-state index contributed by atoms with van der Waals surface area (Å²) in [5.74, 6) is -0.812. The van der Waals surface area contributed by atoms with Crippen molar-refractivity contribution in [1.82, 2.24) is 4.90 Å². The lowest BCUT2D eigenvalue weighted by Crippen LogP contribution is -2.41. The molecule has 172 valence electrons. The Morgan fingerprint density at radius 3 is 2.42 bits per heavy atom. The van der Waals surface area contributed by atoms with Gasteiger partial charge in [-0.25, -0.2) is 4.79 Å². The lowest BCUT2D eigenvalue weighted by atomic mass is 10.1. The van der Waals surface area contributed by atoms with Gasteiger partial charge < -0.3 is 19.9 Å². The van der Waals surface area contributed by atoms with E-state index in [1.807, 2.05) is 11.0 Å². The second-order valence-electron chi connectivity index (χ2n) is 7.80. The van der Waals surface area contributed by atoms with Gasteiger partial charge in [0.2, 0.25) is 11.8 Å². The number of carbonyl (C=O) groups is 4. The number of esters is 1. The predicted molar refractivity (Wildman–Crippen MR) is 126 cm³/mol. The third-order valence-corrected chi connectivity index (χ3v) is 6.57. The fourth-order valence-electron chi connectivity index (χ4n) is 3.86. The maximum absolute atomic E-state index is 12.8. The number of nitrogens with one attached hydrogen (secondary N) is 1. The minimum absolute atomic E-state index is 0.0515. The zero-order valence-corrected chi connectivity index (χ0v) is 19.2. The Bertz CT molecular complexity index is 1080. The molecule has 1 N–H and O–H groups in total. The van der Waals surface area contributed by atoms with E-state index in [1.54, 1.807) is 43.3 Å². The monoisotopic (exact) mass is 467 g/mol. The van der Waals surface area contributed by atoms with Crippen LogP contribution in [0.1, 0.15) is 40.5 Å². The molecule has 0 unspecified atom stereocenters. The topological polar surface area (TPSA) is 96.0 Å². The van der Waals surface area contributed by atoms with Crippen molar-refractivity contribution in [3.05, 3.63) is 53.6 Å². The molecule has 2 aliphatic rings. The van der Waals surface area contributed by atoms with Crippen LogP contribution in [-0.4, -0.2) is 60.6 Å². The first-order chi connectivity index (χ1) is 16.0. The number of hydrogen-bond acceptors (Lipinski definition) is 6. The minimum Gasteiger partial charge on any atom is -0.462 e. The molecule has 0 radical (unpaired) electrons. The van der Waals surface area contributed by atoms with Gasteiger partial charge in [-0.1, -0.05) is 0 Å². The van der Waals surface area contributed by atoms with Crippen LogP contribution in [0.2, 0.25) is 0 Å². The van der Waals surface area contributed by atoms with E-state index >= 15 is 0 Å². The van der Waals surface area contributed by atoms with Crippen LogP contribution in [0.15, 0.2) is 47.4 Å². The molecule has 2 aromatic carbocycles. The van der Waals surface area contributed by atoms with Crippen LogP contribution in [-0.2, 0) is 14.3 Å². The first-order valence-corrected chi connectivity index (χ1v) is 11.9. The number of ether oxygens (including phenoxy) is 1. The number of carbonyl (C=O) groups excluding carboxylic acids is 4. The van der Waals surface area contributed by atoms with Crippen molar-refractivity contribution in [3.63, 3.8) is 0 Å². The van der Waals surface area contributed by atoms with Crippen LogP contribution in [0, 0.1) is 0 Å². The molecule has 0 saturated carbocycles. The number of benzene rings is 2. The van der Waals surface area contributed by atoms with Crippen molar-refractivity contribution in [3.8, 4) is 0 Å². The number of rotatable bonds is 6. The Balaban J connectivity index is 1.47. The fourth-order valence-corrected chi connectivity index (χ4v) is 4.78. The zero-order chi connectivity index (χ0) is 23.4. The molecule has 2 heterocycles. The summed E-state index contributed by atoms with van der Waals surface area (Å²) in [6.45, 7) is 3.32. The number of nitrogens with zero attached hydrogens (tertiary/aromatic N) is 2. The van der Waals surface area contributed by atoms with Gasteiger partial charge in [0.05, 0.1) is 23.6 Å². The summed E-state index contributed by atoms with van der Waals surface area (Å²) in [4.78, 5) is 54.0. The summed E-state index contributed by atoms with van der Waals surface area (Å²) in [5.41, 5.74) is 1.99. The highest BCUT2D eigenvalue weighted by Gasteiger charge is 2.29. The summed E-state index contributed by atoms with van der Waals surface area (Å²) < 4.78 is 4.95. The highest BCUT2D eigenvalue weighted by molar-refractivity contribution is 8.00. The van der Waals surface area contributed by atoms with Crippen LogP contribution in [0.4, 0.5) is 11.4 Å². The Morgan fingerprint density at radius 1 is 1.03 bits per heavy atom. The van der Waals surface area contributed by atoms with Crippen LogP contribution in [0.3, 0.4) is 0 Å². The molecule has 2 aromatic rings. The van der Waals surface area contributed by atoms with Gasteiger partial charge in [-0.15, -0.1) is 11.8 Å². The molecule has 0 aliphatic carbocycles. The number of thioether (sulfide) groups is 1. The van der Waals surface area contributed by atoms with Crippen LogP contribution >= 0.6 is 11.8 Å². The van der Waals surface area contributed by atoms with Gasteiger partial charge in [-0.05, 0) is 62.2 Å². The standard InChI is InChI=1S/C24H25N3O5S/c1-2-32-24(31)16-5-8-18(9-6-16)25-21(28)14-27-19-13-17(23(30)26-11-3-4-12-26)7-10-20(19)33-15-22(27)29/h5-10,13H,2-4,11-12,14-15H2,1H3,(H,25,28). The Labute approximate surface area is 196 Å². The predicted octanol–water partition coefficient (Wildman–Crippen LogP) is 3.18. The summed E-state index contributed by atoms with van der Waals surface area (Å²) in [6.07, 6.45) is 2.00. The lowest BCUT2D eigenvalue weighted by molar-refractivity contribution is -0.120. The van der Waals surface area contributed by atoms with E-state index in [0.717, 1.165) is 30.8 Å². The van der Waals surface area contributed by atoms with Crippen molar-refractivity contribution in [2.45, 2.75) is 24.7 Å². The summed E-state index contributed by atoms with van der Waals surface area (Å²) >= 11 is 1.40. The normalized spacial score (nSPS) is 15.2. The molecule has 9 heteroatoms. The van der Waals surface area contributed by atoms with E-state index < -0.39 is 5.97 Å². The third-order valence-electron chi connectivity index (χ3n) is 5.52. The summed E-state index contributed by atoms with van der Waals surface area (Å²) in [6, 6.07) is 11.7. The van der Waals surface area contributed by atoms with Crippen LogP contribution < -0.4 is 10.2 Å². The number of hydrogen-bond donors (Lipinski definition) is 1. The molecular formula is C24H25N3O5S. The van der Waals surface area contributed by atoms with E-state index in [4.69, 9.17) is 4.74 Å². The van der Waals surface area contributed by atoms with Crippen molar-refractivity contribution >= 4 is 46.8 Å². The van der Waals surface area contributed by atoms with E-state index in [2.05, 4.69) is 5.32 Å². The third kappa shape index (κ3) is 5.19. The maximum atomic E-state index is 12.8. The van der Waals surface area contributed by atoms with Gasteiger partial charge in [0, 0.05) is 29.2 Å². The van der Waals surface area contributed by atoms with Gasteiger partial charge in [-0.3, -0.25) is 14.4 Å². The van der Waals surface area contributed by atoms with Crippen molar-refractivity contribution < 1.29 is 23.9 Å². The van der Waals surface area contributed by atoms with Crippen LogP contribution in [0.5, 0.6) is 0 Å². The minimum atomic E-state index is -0.428. The molecular weight excluding hydrogens is 442 g/mol. The quantitative estimate of drug-likeness (QED) is 0.656. The molecule has 0 aromatic heterocycles. The van der Waals surface area contributed by atoms with Crippen molar-refractivity contribution in [2.75, 3.05) is 42.2 Å². The molecule has 4 rings (SSSR count). The van der Waals surface area contributed by atoms with Gasteiger partial charge in [0.15, 0.2) is 0 Å². The first kappa shape index (κ1) is 22.8. The van der Waals surface area contributed by atoms with Gasteiger partial charge >= 0.3 is 5.97 Å². The lowest BCUT2D eigenvalue weighted by Gasteiger charge is -2.29. The SMILES string of the molecule is CCOC(=O)c1ccc(NC(=O)CN2C(=O)CSc3ccc(C(=O)N4CCCC4)cc32)cc1. The fraction of sp³-hybridized carbons (Fsp3) is 0.333. The van der Waals surface area contributed by atoms with Gasteiger partial charge in [0.1, 0.15) is 6.54 Å². The summed E-state index contributed by atoms with van der Waals surface area (Å²) in [7, 11) is 0. The summed E-state index contributed by atoms with van der Waals surface area (Å²) in [5, 5.41) is 2.75. The molecule has 3 amide bonds. The van der Waals surface area contributed by atoms with Gasteiger partial charge in [0.25, 0.3) is 5.91 Å². The second kappa shape index (κ2) is 10.1. The first-order valence-electron chi connectivity index (χ1n) is 10.9. The second-order valence-corrected chi connectivity index (χ2v) is 8.81. The Kier molecular flexibility index (Phi) is 6.98. The molecule has 33 heavy (non-hydrogen) atoms. The average Bonchev–Trinajstić information content (AvgIpc) is 3.36. The highest BCUT2D eigenvalue weighted by atomic mass is 32.2. The molecule has 0 spiro atoms. The van der Waals surface area contributed by atoms with Crippen molar-refractivity contribution in [2.24, 2.45) is 0 Å². The van der Waals surface area contributed by atoms with E-state index in [1.165, 1.54) is 16.7 Å². The number of amides is 3. The largest absolute Gasteiger partial charge is 0.462 e. The van der Waals surface area contributed by atoms with Gasteiger partial charge in [-0.2, -0.15) is 0 Å². The maximum Gasteiger partial charge on any atom is 0.338 e. The van der Waals surface area contributed by atoms with E-state index in [-0.39, 0.29) is 36.6 Å². The Hall–Kier alpha value is -3.33. The molecule has 0 bridgehead atoms. The molecule has 1 saturated heterocycles. The van der Waals surface area contributed by atoms with Crippen LogP contribution in [0.25, 0.3) is 0 Å². The Morgan fingerprint density at radius 2 is 1.73 bits per heavy atom. The number of anilines is 2. The van der Waals surface area contributed by atoms with E-state index in [0.29, 0.717) is 22.5 Å². The zero-order valence-electron chi connectivity index (χ0n) is 18.3. The molecule has 1 fully saturated rings. The molecule has 2 aliphatic heterocycles. The highest BCUT2D eigenvalue weighted by Crippen LogP contribution is 2.36.